The van der Waals surface area contributed by atoms with E-state index in [1.807, 2.05) is 13.8 Å². The van der Waals surface area contributed by atoms with E-state index in [9.17, 15) is 32.8 Å². The van der Waals surface area contributed by atoms with Crippen LogP contribution in [0.5, 0.6) is 5.88 Å². The number of sulfone groups is 1. The van der Waals surface area contributed by atoms with Crippen LogP contribution in [0, 0.1) is 17.1 Å². The third kappa shape index (κ3) is 6.20. The fourth-order valence-electron chi connectivity index (χ4n) is 4.97. The van der Waals surface area contributed by atoms with Gasteiger partial charge in [-0.3, -0.25) is 14.2 Å². The van der Waals surface area contributed by atoms with Crippen molar-refractivity contribution in [2.45, 2.75) is 55.4 Å². The van der Waals surface area contributed by atoms with E-state index in [4.69, 9.17) is 0 Å². The minimum absolute atomic E-state index is 0.134. The number of aryl methyl sites for hydroxylation is 1. The lowest BCUT2D eigenvalue weighted by atomic mass is 10.0. The molecule has 1 amide bonds. The lowest BCUT2D eigenvalue weighted by Crippen LogP contribution is -2.27. The summed E-state index contributed by atoms with van der Waals surface area (Å²) in [6, 6.07) is 17.4. The molecule has 0 spiro atoms. The monoisotopic (exact) mass is 602 g/mol. The lowest BCUT2D eigenvalue weighted by Gasteiger charge is -2.25. The molecule has 3 aromatic carbocycles. The van der Waals surface area contributed by atoms with E-state index < -0.39 is 43.9 Å². The van der Waals surface area contributed by atoms with Gasteiger partial charge in [0.2, 0.25) is 15.7 Å². The summed E-state index contributed by atoms with van der Waals surface area (Å²) >= 11 is 0. The SMILES string of the molecule is CCCCc1nc(=O)c(S(=O)(=O)c2ccc(-c3ccc(C(=O)NC)cc3F)cc2)c(O)n1[C@@H](CC)c1cccc(C#N)c1. The van der Waals surface area contributed by atoms with Crippen LogP contribution in [0.15, 0.2) is 81.3 Å². The Balaban J connectivity index is 1.83. The molecule has 2 N–H and O–H groups in total. The van der Waals surface area contributed by atoms with Crippen LogP contribution in [0.1, 0.15) is 66.5 Å². The Bertz CT molecular complexity index is 1880. The minimum atomic E-state index is -4.57. The summed E-state index contributed by atoms with van der Waals surface area (Å²) in [5, 5.41) is 23.3. The van der Waals surface area contributed by atoms with Crippen LogP contribution in [0.3, 0.4) is 0 Å². The van der Waals surface area contributed by atoms with Crippen LogP contribution < -0.4 is 10.9 Å². The Morgan fingerprint density at radius 2 is 1.84 bits per heavy atom. The van der Waals surface area contributed by atoms with Crippen molar-refractivity contribution in [2.75, 3.05) is 7.05 Å². The molecule has 1 heterocycles. The molecule has 0 radical (unpaired) electrons. The number of amides is 1. The van der Waals surface area contributed by atoms with Gasteiger partial charge in [0.1, 0.15) is 11.6 Å². The van der Waals surface area contributed by atoms with Crippen LogP contribution >= 0.6 is 0 Å². The number of benzene rings is 3. The van der Waals surface area contributed by atoms with Crippen molar-refractivity contribution in [2.24, 2.45) is 0 Å². The molecule has 0 aliphatic carbocycles. The van der Waals surface area contributed by atoms with E-state index in [-0.39, 0.29) is 21.8 Å². The number of aromatic nitrogens is 2. The van der Waals surface area contributed by atoms with Gasteiger partial charge in [0.25, 0.3) is 11.5 Å². The number of carbonyl (C=O) groups excluding carboxylic acids is 1. The third-order valence-electron chi connectivity index (χ3n) is 7.19. The van der Waals surface area contributed by atoms with Gasteiger partial charge in [-0.05, 0) is 60.4 Å². The van der Waals surface area contributed by atoms with Crippen LogP contribution in [0.4, 0.5) is 4.39 Å². The molecule has 11 heteroatoms. The Morgan fingerprint density at radius 3 is 2.44 bits per heavy atom. The predicted octanol–water partition coefficient (Wildman–Crippen LogP) is 5.16. The first-order valence-corrected chi connectivity index (χ1v) is 15.3. The number of nitriles is 1. The highest BCUT2D eigenvalue weighted by molar-refractivity contribution is 7.91. The molecule has 0 fully saturated rings. The maximum atomic E-state index is 14.8. The minimum Gasteiger partial charge on any atom is -0.493 e. The highest BCUT2D eigenvalue weighted by atomic mass is 32.2. The molecule has 1 atom stereocenters. The maximum Gasteiger partial charge on any atom is 0.296 e. The zero-order valence-corrected chi connectivity index (χ0v) is 24.8. The van der Waals surface area contributed by atoms with Gasteiger partial charge in [-0.2, -0.15) is 10.2 Å². The second-order valence-corrected chi connectivity index (χ2v) is 11.8. The molecule has 0 aliphatic heterocycles. The largest absolute Gasteiger partial charge is 0.493 e. The first-order chi connectivity index (χ1) is 20.6. The number of nitrogens with one attached hydrogen (secondary N) is 1. The molecular weight excluding hydrogens is 571 g/mol. The van der Waals surface area contributed by atoms with Crippen molar-refractivity contribution in [1.82, 2.24) is 14.9 Å². The normalized spacial score (nSPS) is 12.0. The molecular formula is C32H31FN4O5S. The molecule has 0 saturated carbocycles. The molecule has 4 aromatic rings. The van der Waals surface area contributed by atoms with Crippen molar-refractivity contribution in [1.29, 1.82) is 5.26 Å². The molecule has 0 aliphatic rings. The number of aromatic hydroxyl groups is 1. The number of rotatable bonds is 10. The molecule has 43 heavy (non-hydrogen) atoms. The van der Waals surface area contributed by atoms with Crippen molar-refractivity contribution in [3.63, 3.8) is 0 Å². The predicted molar refractivity (Wildman–Crippen MR) is 159 cm³/mol. The van der Waals surface area contributed by atoms with Crippen molar-refractivity contribution < 1.29 is 22.7 Å². The van der Waals surface area contributed by atoms with Gasteiger partial charge in [0.05, 0.1) is 22.6 Å². The van der Waals surface area contributed by atoms with E-state index in [0.29, 0.717) is 36.0 Å². The highest BCUT2D eigenvalue weighted by Crippen LogP contribution is 2.34. The maximum absolute atomic E-state index is 14.8. The molecule has 9 nitrogen and oxygen atoms in total. The van der Waals surface area contributed by atoms with E-state index in [1.54, 1.807) is 24.3 Å². The summed E-state index contributed by atoms with van der Waals surface area (Å²) in [5.74, 6) is -1.62. The molecule has 0 unspecified atom stereocenters. The van der Waals surface area contributed by atoms with Crippen molar-refractivity contribution in [3.8, 4) is 23.1 Å². The van der Waals surface area contributed by atoms with Gasteiger partial charge >= 0.3 is 0 Å². The quantitative estimate of drug-likeness (QED) is 0.255. The molecule has 222 valence electrons. The molecule has 0 bridgehead atoms. The first kappa shape index (κ1) is 31.1. The summed E-state index contributed by atoms with van der Waals surface area (Å²) < 4.78 is 43.8. The van der Waals surface area contributed by atoms with Crippen LogP contribution in [0.2, 0.25) is 0 Å². The smallest absolute Gasteiger partial charge is 0.296 e. The average Bonchev–Trinajstić information content (AvgIpc) is 3.01. The number of nitrogens with zero attached hydrogens (tertiary/aromatic N) is 3. The summed E-state index contributed by atoms with van der Waals surface area (Å²) in [5.41, 5.74) is 0.589. The van der Waals surface area contributed by atoms with E-state index in [0.717, 1.165) is 12.5 Å². The van der Waals surface area contributed by atoms with Gasteiger partial charge in [-0.25, -0.2) is 12.8 Å². The zero-order chi connectivity index (χ0) is 31.3. The van der Waals surface area contributed by atoms with Crippen LogP contribution in [-0.2, 0) is 16.3 Å². The summed E-state index contributed by atoms with van der Waals surface area (Å²) in [4.78, 5) is 28.0. The molecule has 0 saturated heterocycles. The van der Waals surface area contributed by atoms with Gasteiger partial charge < -0.3 is 10.4 Å². The third-order valence-corrected chi connectivity index (χ3v) is 8.98. The van der Waals surface area contributed by atoms with E-state index in [2.05, 4.69) is 16.4 Å². The van der Waals surface area contributed by atoms with Gasteiger partial charge in [0, 0.05) is 24.6 Å². The summed E-state index contributed by atoms with van der Waals surface area (Å²) in [6.45, 7) is 3.80. The van der Waals surface area contributed by atoms with Gasteiger partial charge in [-0.15, -0.1) is 0 Å². The highest BCUT2D eigenvalue weighted by Gasteiger charge is 2.32. The summed E-state index contributed by atoms with van der Waals surface area (Å²) in [7, 11) is -3.14. The van der Waals surface area contributed by atoms with Crippen molar-refractivity contribution in [3.05, 3.63) is 105 Å². The fourth-order valence-corrected chi connectivity index (χ4v) is 6.32. The molecule has 4 rings (SSSR count). The number of halogens is 1. The van der Waals surface area contributed by atoms with Crippen molar-refractivity contribution >= 4 is 15.7 Å². The van der Waals surface area contributed by atoms with Gasteiger partial charge in [0.15, 0.2) is 4.90 Å². The first-order valence-electron chi connectivity index (χ1n) is 13.8. The second kappa shape index (κ2) is 13.0. The van der Waals surface area contributed by atoms with Gasteiger partial charge in [-0.1, -0.05) is 50.6 Å². The standard InChI is InChI=1S/C32H31FN4O5S/c1-4-6-10-28-36-31(39)29(32(40)37(28)27(5-2)22-9-7-8-20(17-22)19-34)43(41,42)24-14-11-21(12-15-24)25-16-13-23(18-26(25)33)30(38)35-3/h7-9,11-18,27,40H,4-6,10H2,1-3H3,(H,35,38)/t27-/m0/s1. The number of hydrogen-bond donors (Lipinski definition) is 2. The van der Waals surface area contributed by atoms with Crippen LogP contribution in [0.25, 0.3) is 11.1 Å². The van der Waals surface area contributed by atoms with E-state index >= 15 is 0 Å². The second-order valence-electron chi connectivity index (χ2n) is 9.92. The molecule has 1 aromatic heterocycles. The number of carbonyl (C=O) groups is 1. The fraction of sp³-hybridized carbons (Fsp3) is 0.250. The Morgan fingerprint density at radius 1 is 1.12 bits per heavy atom. The lowest BCUT2D eigenvalue weighted by molar-refractivity contribution is 0.0962. The Kier molecular flexibility index (Phi) is 9.41. The number of unbranched alkanes of at least 4 members (excludes halogenated alkanes) is 1. The Hall–Kier alpha value is -4.82. The average molecular weight is 603 g/mol. The van der Waals surface area contributed by atoms with Crippen LogP contribution in [-0.4, -0.2) is 36.0 Å². The number of hydrogen-bond acceptors (Lipinski definition) is 7. The van der Waals surface area contributed by atoms with E-state index in [1.165, 1.54) is 48.0 Å². The Labute approximate surface area is 249 Å². The summed E-state index contributed by atoms with van der Waals surface area (Å²) in [6.07, 6.45) is 2.16. The topological polar surface area (TPSA) is 142 Å². The zero-order valence-electron chi connectivity index (χ0n) is 24.0.